The van der Waals surface area contributed by atoms with Gasteiger partial charge in [0.15, 0.2) is 0 Å². The van der Waals surface area contributed by atoms with Gasteiger partial charge in [-0.2, -0.15) is 0 Å². The highest BCUT2D eigenvalue weighted by Gasteiger charge is 2.26. The maximum Gasteiger partial charge on any atom is 0.252 e. The highest BCUT2D eigenvalue weighted by molar-refractivity contribution is 6.01. The van der Waals surface area contributed by atoms with Gasteiger partial charge in [0.2, 0.25) is 5.91 Å². The largest absolute Gasteiger partial charge is 0.383 e. The molecular weight excluding hydrogens is 330 g/mol. The lowest BCUT2D eigenvalue weighted by Crippen LogP contribution is -2.47. The average molecular weight is 349 g/mol. The first-order valence-corrected chi connectivity index (χ1v) is 8.12. The number of nitrogens with two attached hydrogens (primary N) is 2. The predicted octanol–water partition coefficient (Wildman–Crippen LogP) is 1.60. The topological polar surface area (TPSA) is 124 Å². The number of benzene rings is 2. The number of carbonyl (C=O) groups is 2. The van der Waals surface area contributed by atoms with Gasteiger partial charge in [0.25, 0.3) is 5.91 Å². The van der Waals surface area contributed by atoms with E-state index in [1.807, 2.05) is 37.3 Å². The molecule has 0 saturated carbocycles. The molecule has 1 heterocycles. The summed E-state index contributed by atoms with van der Waals surface area (Å²) in [6.45, 7) is 1.85. The van der Waals surface area contributed by atoms with Gasteiger partial charge < -0.3 is 16.8 Å². The number of anilines is 1. The molecule has 5 N–H and O–H groups in total. The molecule has 0 saturated heterocycles. The third-order valence-electron chi connectivity index (χ3n) is 4.35. The molecule has 0 aliphatic carbocycles. The van der Waals surface area contributed by atoms with E-state index in [1.54, 1.807) is 18.2 Å². The number of nitrogens with zero attached hydrogens (tertiary/aromatic N) is 2. The molecule has 7 nitrogen and oxygen atoms in total. The van der Waals surface area contributed by atoms with Gasteiger partial charge >= 0.3 is 0 Å². The number of carbonyl (C=O) groups excluding carboxylic acids is 2. The first-order valence-electron chi connectivity index (χ1n) is 8.12. The Morgan fingerprint density at radius 3 is 2.50 bits per heavy atom. The second-order valence-electron chi connectivity index (χ2n) is 6.04. The lowest BCUT2D eigenvalue weighted by Gasteiger charge is -2.23. The summed E-state index contributed by atoms with van der Waals surface area (Å²) in [5.41, 5.74) is 13.1. The first kappa shape index (κ1) is 17.3. The molecule has 1 aromatic heterocycles. The number of hydrogen-bond donors (Lipinski definition) is 3. The summed E-state index contributed by atoms with van der Waals surface area (Å²) in [5.74, 6) is -0.927. The van der Waals surface area contributed by atoms with Crippen molar-refractivity contribution in [1.29, 1.82) is 0 Å². The van der Waals surface area contributed by atoms with Gasteiger partial charge in [-0.05, 0) is 23.8 Å². The zero-order chi connectivity index (χ0) is 18.7. The minimum atomic E-state index is -0.837. The van der Waals surface area contributed by atoms with Crippen LogP contribution >= 0.6 is 0 Å². The van der Waals surface area contributed by atoms with E-state index in [-0.39, 0.29) is 5.92 Å². The van der Waals surface area contributed by atoms with Crippen molar-refractivity contribution in [1.82, 2.24) is 15.3 Å². The molecule has 0 aliphatic heterocycles. The third-order valence-corrected chi connectivity index (χ3v) is 4.35. The molecular formula is C19H19N5O2. The number of rotatable bonds is 5. The zero-order valence-electron chi connectivity index (χ0n) is 14.2. The van der Waals surface area contributed by atoms with Gasteiger partial charge in [0.1, 0.15) is 18.2 Å². The van der Waals surface area contributed by atoms with Crippen molar-refractivity contribution in [2.45, 2.75) is 18.9 Å². The molecule has 0 fully saturated rings. The van der Waals surface area contributed by atoms with Gasteiger partial charge in [-0.1, -0.05) is 37.3 Å². The van der Waals surface area contributed by atoms with Crippen LogP contribution in [0.4, 0.5) is 5.82 Å². The smallest absolute Gasteiger partial charge is 0.252 e. The second kappa shape index (κ2) is 7.18. The quantitative estimate of drug-likeness (QED) is 0.645. The summed E-state index contributed by atoms with van der Waals surface area (Å²) in [5, 5.41) is 3.38. The molecule has 2 amide bonds. The lowest BCUT2D eigenvalue weighted by atomic mass is 9.92. The SMILES string of the molecule is CC(c1ccccc1)C(NC(=O)c1ccc2c(N)ncnc2c1)C(N)=O. The summed E-state index contributed by atoms with van der Waals surface area (Å²) >= 11 is 0. The fourth-order valence-electron chi connectivity index (χ4n) is 2.84. The maximum atomic E-state index is 12.6. The first-order chi connectivity index (χ1) is 12.5. The van der Waals surface area contributed by atoms with Crippen LogP contribution in [0.1, 0.15) is 28.8 Å². The van der Waals surface area contributed by atoms with Crippen molar-refractivity contribution in [3.63, 3.8) is 0 Å². The van der Waals surface area contributed by atoms with Crippen LogP contribution < -0.4 is 16.8 Å². The number of hydrogen-bond acceptors (Lipinski definition) is 5. The fourth-order valence-corrected chi connectivity index (χ4v) is 2.84. The van der Waals surface area contributed by atoms with Crippen LogP contribution in [0.15, 0.2) is 54.9 Å². The van der Waals surface area contributed by atoms with Crippen molar-refractivity contribution >= 4 is 28.5 Å². The van der Waals surface area contributed by atoms with E-state index in [1.165, 1.54) is 6.33 Å². The van der Waals surface area contributed by atoms with Crippen LogP contribution in [0, 0.1) is 0 Å². The number of aromatic nitrogens is 2. The van der Waals surface area contributed by atoms with Crippen molar-refractivity contribution < 1.29 is 9.59 Å². The van der Waals surface area contributed by atoms with E-state index in [0.717, 1.165) is 5.56 Å². The van der Waals surface area contributed by atoms with Crippen molar-refractivity contribution in [3.8, 4) is 0 Å². The predicted molar refractivity (Wildman–Crippen MR) is 99.3 cm³/mol. The molecule has 0 aliphatic rings. The number of amides is 2. The Balaban J connectivity index is 1.85. The summed E-state index contributed by atoms with van der Waals surface area (Å²) in [7, 11) is 0. The standard InChI is InChI=1S/C19H19N5O2/c1-11(12-5-3-2-4-6-12)16(18(21)25)24-19(26)13-7-8-14-15(9-13)22-10-23-17(14)20/h2-11,16H,1H3,(H2,21,25)(H,24,26)(H2,20,22,23). The van der Waals surface area contributed by atoms with E-state index in [4.69, 9.17) is 11.5 Å². The van der Waals surface area contributed by atoms with E-state index < -0.39 is 17.9 Å². The van der Waals surface area contributed by atoms with E-state index in [2.05, 4.69) is 15.3 Å². The zero-order valence-corrected chi connectivity index (χ0v) is 14.2. The third kappa shape index (κ3) is 3.46. The molecule has 26 heavy (non-hydrogen) atoms. The van der Waals surface area contributed by atoms with Crippen molar-refractivity contribution in [2.75, 3.05) is 5.73 Å². The van der Waals surface area contributed by atoms with Crippen LogP contribution in [-0.4, -0.2) is 27.8 Å². The summed E-state index contributed by atoms with van der Waals surface area (Å²) in [6.07, 6.45) is 1.34. The number of nitrogens with one attached hydrogen (secondary N) is 1. The Morgan fingerprint density at radius 2 is 1.81 bits per heavy atom. The summed E-state index contributed by atoms with van der Waals surface area (Å²) in [6, 6.07) is 13.5. The Kier molecular flexibility index (Phi) is 4.79. The molecule has 0 bridgehead atoms. The Bertz CT molecular complexity index is 959. The van der Waals surface area contributed by atoms with Crippen molar-refractivity contribution in [3.05, 3.63) is 66.0 Å². The Hall–Kier alpha value is -3.48. The lowest BCUT2D eigenvalue weighted by molar-refractivity contribution is -0.120. The van der Waals surface area contributed by atoms with Crippen LogP contribution in [0.3, 0.4) is 0 Å². The maximum absolute atomic E-state index is 12.6. The van der Waals surface area contributed by atoms with Gasteiger partial charge in [-0.25, -0.2) is 9.97 Å². The molecule has 3 aromatic rings. The van der Waals surface area contributed by atoms with E-state index in [0.29, 0.717) is 22.3 Å². The summed E-state index contributed by atoms with van der Waals surface area (Å²) < 4.78 is 0. The Morgan fingerprint density at radius 1 is 1.08 bits per heavy atom. The highest BCUT2D eigenvalue weighted by Crippen LogP contribution is 2.21. The average Bonchev–Trinajstić information content (AvgIpc) is 2.65. The molecule has 0 spiro atoms. The van der Waals surface area contributed by atoms with Crippen molar-refractivity contribution in [2.24, 2.45) is 5.73 Å². The minimum Gasteiger partial charge on any atom is -0.383 e. The molecule has 132 valence electrons. The molecule has 2 atom stereocenters. The Labute approximate surface area is 150 Å². The van der Waals surface area contributed by atoms with Gasteiger partial charge in [-0.3, -0.25) is 9.59 Å². The molecule has 2 unspecified atom stereocenters. The van der Waals surface area contributed by atoms with Crippen LogP contribution in [0.25, 0.3) is 10.9 Å². The monoisotopic (exact) mass is 349 g/mol. The molecule has 3 rings (SSSR count). The highest BCUT2D eigenvalue weighted by atomic mass is 16.2. The van der Waals surface area contributed by atoms with Crippen LogP contribution in [0.2, 0.25) is 0 Å². The summed E-state index contributed by atoms with van der Waals surface area (Å²) in [4.78, 5) is 32.6. The van der Waals surface area contributed by atoms with Crippen LogP contribution in [-0.2, 0) is 4.79 Å². The molecule has 2 aromatic carbocycles. The normalized spacial score (nSPS) is 13.1. The number of primary amides is 1. The number of nitrogen functional groups attached to an aromatic ring is 1. The number of fused-ring (bicyclic) bond motifs is 1. The molecule has 7 heteroatoms. The van der Waals surface area contributed by atoms with Gasteiger partial charge in [0.05, 0.1) is 5.52 Å². The van der Waals surface area contributed by atoms with Gasteiger partial charge in [-0.15, -0.1) is 0 Å². The van der Waals surface area contributed by atoms with Gasteiger partial charge in [0, 0.05) is 16.9 Å². The molecule has 0 radical (unpaired) electrons. The van der Waals surface area contributed by atoms with Crippen LogP contribution in [0.5, 0.6) is 0 Å². The van der Waals surface area contributed by atoms with E-state index >= 15 is 0 Å². The van der Waals surface area contributed by atoms with E-state index in [9.17, 15) is 9.59 Å². The fraction of sp³-hybridized carbons (Fsp3) is 0.158. The second-order valence-corrected chi connectivity index (χ2v) is 6.04. The minimum absolute atomic E-state index is 0.268.